The van der Waals surface area contributed by atoms with Crippen molar-refractivity contribution in [3.05, 3.63) is 11.6 Å². The van der Waals surface area contributed by atoms with Gasteiger partial charge in [0, 0.05) is 25.7 Å². The fourth-order valence-corrected chi connectivity index (χ4v) is 2.48. The summed E-state index contributed by atoms with van der Waals surface area (Å²) in [5, 5.41) is 6.93. The predicted octanol–water partition coefficient (Wildman–Crippen LogP) is 1.24. The minimum Gasteiger partial charge on any atom is -0.329 e. The van der Waals surface area contributed by atoms with Gasteiger partial charge in [-0.05, 0) is 6.42 Å². The second-order valence-corrected chi connectivity index (χ2v) is 4.74. The molecule has 0 bridgehead atoms. The summed E-state index contributed by atoms with van der Waals surface area (Å²) in [7, 11) is 0. The van der Waals surface area contributed by atoms with Crippen molar-refractivity contribution in [3.63, 3.8) is 0 Å². The fourth-order valence-electron chi connectivity index (χ4n) is 2.48. The van der Waals surface area contributed by atoms with E-state index in [9.17, 15) is 13.2 Å². The first kappa shape index (κ1) is 14.3. The Morgan fingerprint density at radius 2 is 2.05 bits per heavy atom. The lowest BCUT2D eigenvalue weighted by Crippen LogP contribution is -2.45. The standard InChI is InChI=1S/C11H18F3N5/c1-2-3-8(6-15)18-4-5-19-9(7-18)16-17-10(19)11(12,13)14/h8H,2-7,15H2,1H3. The number of nitrogens with zero attached hydrogens (tertiary/aromatic N) is 4. The van der Waals surface area contributed by atoms with E-state index in [1.165, 1.54) is 0 Å². The molecule has 0 saturated heterocycles. The maximum Gasteiger partial charge on any atom is 0.451 e. The van der Waals surface area contributed by atoms with Crippen molar-refractivity contribution < 1.29 is 13.2 Å². The molecular formula is C11H18F3N5. The van der Waals surface area contributed by atoms with Crippen molar-refractivity contribution in [2.75, 3.05) is 13.1 Å². The molecule has 2 rings (SSSR count). The van der Waals surface area contributed by atoms with Gasteiger partial charge in [-0.2, -0.15) is 13.2 Å². The molecule has 5 nitrogen and oxygen atoms in total. The van der Waals surface area contributed by atoms with Gasteiger partial charge in [-0.15, -0.1) is 10.2 Å². The molecule has 1 atom stereocenters. The number of nitrogens with two attached hydrogens (primary N) is 1. The van der Waals surface area contributed by atoms with Crippen molar-refractivity contribution in [3.8, 4) is 0 Å². The highest BCUT2D eigenvalue weighted by atomic mass is 19.4. The van der Waals surface area contributed by atoms with E-state index in [2.05, 4.69) is 22.0 Å². The average Bonchev–Trinajstić information content (AvgIpc) is 2.78. The summed E-state index contributed by atoms with van der Waals surface area (Å²) < 4.78 is 39.2. The maximum atomic E-state index is 12.7. The van der Waals surface area contributed by atoms with Crippen LogP contribution in [0.1, 0.15) is 31.4 Å². The van der Waals surface area contributed by atoms with Gasteiger partial charge in [0.1, 0.15) is 5.82 Å². The van der Waals surface area contributed by atoms with Gasteiger partial charge in [0.25, 0.3) is 0 Å². The average molecular weight is 277 g/mol. The molecular weight excluding hydrogens is 259 g/mol. The molecule has 19 heavy (non-hydrogen) atoms. The van der Waals surface area contributed by atoms with Gasteiger partial charge in [-0.25, -0.2) is 0 Å². The van der Waals surface area contributed by atoms with Gasteiger partial charge in [-0.1, -0.05) is 13.3 Å². The van der Waals surface area contributed by atoms with E-state index in [4.69, 9.17) is 5.73 Å². The molecule has 0 fully saturated rings. The lowest BCUT2D eigenvalue weighted by Gasteiger charge is -2.34. The van der Waals surface area contributed by atoms with Crippen LogP contribution in [-0.4, -0.2) is 38.8 Å². The first-order valence-corrected chi connectivity index (χ1v) is 6.40. The van der Waals surface area contributed by atoms with Crippen molar-refractivity contribution in [2.24, 2.45) is 5.73 Å². The first-order valence-electron chi connectivity index (χ1n) is 6.40. The number of halogens is 3. The molecule has 0 aliphatic carbocycles. The minimum absolute atomic E-state index is 0.199. The van der Waals surface area contributed by atoms with Crippen LogP contribution in [-0.2, 0) is 19.3 Å². The maximum absolute atomic E-state index is 12.7. The van der Waals surface area contributed by atoms with E-state index >= 15 is 0 Å². The normalized spacial score (nSPS) is 18.4. The molecule has 8 heteroatoms. The number of fused-ring (bicyclic) bond motifs is 1. The van der Waals surface area contributed by atoms with Gasteiger partial charge >= 0.3 is 6.18 Å². The highest BCUT2D eigenvalue weighted by Gasteiger charge is 2.39. The van der Waals surface area contributed by atoms with Gasteiger partial charge in [0.2, 0.25) is 5.82 Å². The van der Waals surface area contributed by atoms with Crippen LogP contribution in [0.2, 0.25) is 0 Å². The Balaban J connectivity index is 2.15. The zero-order valence-electron chi connectivity index (χ0n) is 10.8. The highest BCUT2D eigenvalue weighted by Crippen LogP contribution is 2.29. The monoisotopic (exact) mass is 277 g/mol. The van der Waals surface area contributed by atoms with Crippen LogP contribution < -0.4 is 5.73 Å². The lowest BCUT2D eigenvalue weighted by atomic mass is 10.1. The largest absolute Gasteiger partial charge is 0.451 e. The van der Waals surface area contributed by atoms with E-state index in [0.717, 1.165) is 17.4 Å². The Hall–Kier alpha value is -1.15. The Bertz CT molecular complexity index is 428. The Morgan fingerprint density at radius 1 is 1.32 bits per heavy atom. The summed E-state index contributed by atoms with van der Waals surface area (Å²) in [4.78, 5) is 2.09. The summed E-state index contributed by atoms with van der Waals surface area (Å²) >= 11 is 0. The summed E-state index contributed by atoms with van der Waals surface area (Å²) in [6.45, 7) is 3.77. The molecule has 1 aromatic heterocycles. The second-order valence-electron chi connectivity index (χ2n) is 4.74. The van der Waals surface area contributed by atoms with Crippen LogP contribution in [0, 0.1) is 0 Å². The van der Waals surface area contributed by atoms with E-state index in [-0.39, 0.29) is 12.6 Å². The quantitative estimate of drug-likeness (QED) is 0.899. The highest BCUT2D eigenvalue weighted by molar-refractivity contribution is 5.02. The molecule has 1 aliphatic heterocycles. The SMILES string of the molecule is CCCC(CN)N1CCn2c(nnc2C(F)(F)F)C1. The van der Waals surface area contributed by atoms with Crippen LogP contribution in [0.5, 0.6) is 0 Å². The summed E-state index contributed by atoms with van der Waals surface area (Å²) in [5.41, 5.74) is 5.72. The van der Waals surface area contributed by atoms with Gasteiger partial charge in [0.15, 0.2) is 0 Å². The Labute approximate surface area is 109 Å². The van der Waals surface area contributed by atoms with Crippen molar-refractivity contribution in [1.29, 1.82) is 0 Å². The predicted molar refractivity (Wildman–Crippen MR) is 63.2 cm³/mol. The van der Waals surface area contributed by atoms with Gasteiger partial charge < -0.3 is 10.3 Å². The van der Waals surface area contributed by atoms with Crippen LogP contribution in [0.3, 0.4) is 0 Å². The van der Waals surface area contributed by atoms with E-state index in [1.54, 1.807) is 0 Å². The molecule has 2 N–H and O–H groups in total. The topological polar surface area (TPSA) is 60.0 Å². The van der Waals surface area contributed by atoms with Gasteiger partial charge in [0.05, 0.1) is 6.54 Å². The van der Waals surface area contributed by atoms with E-state index in [1.807, 2.05) is 0 Å². The lowest BCUT2D eigenvalue weighted by molar-refractivity contribution is -0.148. The van der Waals surface area contributed by atoms with Crippen LogP contribution in [0.4, 0.5) is 13.2 Å². The fraction of sp³-hybridized carbons (Fsp3) is 0.818. The summed E-state index contributed by atoms with van der Waals surface area (Å²) in [6.07, 6.45) is -2.50. The van der Waals surface area contributed by atoms with Crippen LogP contribution in [0.15, 0.2) is 0 Å². The van der Waals surface area contributed by atoms with Crippen molar-refractivity contribution >= 4 is 0 Å². The molecule has 0 amide bonds. The van der Waals surface area contributed by atoms with Crippen molar-refractivity contribution in [2.45, 2.75) is 45.1 Å². The number of hydrogen-bond donors (Lipinski definition) is 1. The molecule has 0 saturated carbocycles. The number of hydrogen-bond acceptors (Lipinski definition) is 4. The molecule has 1 aliphatic rings. The van der Waals surface area contributed by atoms with Crippen molar-refractivity contribution in [1.82, 2.24) is 19.7 Å². The Morgan fingerprint density at radius 3 is 2.63 bits per heavy atom. The van der Waals surface area contributed by atoms with Gasteiger partial charge in [-0.3, -0.25) is 4.90 Å². The molecule has 0 radical (unpaired) electrons. The third-order valence-corrected chi connectivity index (χ3v) is 3.45. The summed E-state index contributed by atoms with van der Waals surface area (Å²) in [5.74, 6) is -0.532. The summed E-state index contributed by atoms with van der Waals surface area (Å²) in [6, 6.07) is 0.199. The molecule has 0 aromatic carbocycles. The Kier molecular flexibility index (Phi) is 4.10. The first-order chi connectivity index (χ1) is 8.97. The van der Waals surface area contributed by atoms with Crippen LogP contribution in [0.25, 0.3) is 0 Å². The molecule has 2 heterocycles. The zero-order chi connectivity index (χ0) is 14.0. The molecule has 108 valence electrons. The zero-order valence-corrected chi connectivity index (χ0v) is 10.8. The van der Waals surface area contributed by atoms with Crippen LogP contribution >= 0.6 is 0 Å². The molecule has 1 unspecified atom stereocenters. The number of aromatic nitrogens is 3. The molecule has 0 spiro atoms. The third kappa shape index (κ3) is 2.89. The second kappa shape index (κ2) is 5.46. The number of rotatable bonds is 4. The molecule has 1 aromatic rings. The van der Waals surface area contributed by atoms with E-state index < -0.39 is 12.0 Å². The smallest absolute Gasteiger partial charge is 0.329 e. The van der Waals surface area contributed by atoms with E-state index in [0.29, 0.717) is 25.5 Å². The number of alkyl halides is 3. The minimum atomic E-state index is -4.44. The third-order valence-electron chi connectivity index (χ3n) is 3.45.